The minimum atomic E-state index is -4.58. The van der Waals surface area contributed by atoms with E-state index in [-0.39, 0.29) is 16.5 Å². The second-order valence-electron chi connectivity index (χ2n) is 5.91. The van der Waals surface area contributed by atoms with Gasteiger partial charge >= 0.3 is 6.18 Å². The molecule has 0 unspecified atom stereocenters. The maximum atomic E-state index is 13.3. The van der Waals surface area contributed by atoms with Crippen LogP contribution in [0, 0.1) is 6.92 Å². The number of carbonyl (C=O) groups is 1. The Kier molecular flexibility index (Phi) is 4.71. The number of hydrogen-bond donors (Lipinski definition) is 1. The Hall–Kier alpha value is -3.05. The number of rotatable bonds is 3. The van der Waals surface area contributed by atoms with E-state index in [4.69, 9.17) is 11.6 Å². The average molecular weight is 439 g/mol. The third-order valence-electron chi connectivity index (χ3n) is 4.03. The van der Waals surface area contributed by atoms with Gasteiger partial charge in [0.2, 0.25) is 0 Å². The molecule has 4 aromatic rings. The van der Waals surface area contributed by atoms with Gasteiger partial charge in [0.1, 0.15) is 5.15 Å². The lowest BCUT2D eigenvalue weighted by Gasteiger charge is -2.09. The summed E-state index contributed by atoms with van der Waals surface area (Å²) in [5, 5.41) is 2.35. The molecule has 1 amide bonds. The Morgan fingerprint density at radius 2 is 2.07 bits per heavy atom. The number of fused-ring (bicyclic) bond motifs is 1. The molecular formula is C17H10ClF3N6OS. The van der Waals surface area contributed by atoms with Gasteiger partial charge < -0.3 is 0 Å². The van der Waals surface area contributed by atoms with E-state index in [2.05, 4.69) is 25.4 Å². The maximum absolute atomic E-state index is 13.3. The fraction of sp³-hybridized carbons (Fsp3) is 0.118. The zero-order valence-electron chi connectivity index (χ0n) is 14.5. The Balaban J connectivity index is 1.67. The van der Waals surface area contributed by atoms with Gasteiger partial charge in [-0.2, -0.15) is 13.2 Å². The highest BCUT2D eigenvalue weighted by atomic mass is 35.5. The van der Waals surface area contributed by atoms with E-state index in [1.54, 1.807) is 12.3 Å². The second kappa shape index (κ2) is 7.08. The van der Waals surface area contributed by atoms with Gasteiger partial charge in [0.05, 0.1) is 28.5 Å². The Bertz CT molecular complexity index is 1240. The lowest BCUT2D eigenvalue weighted by molar-refractivity contribution is -0.136. The highest BCUT2D eigenvalue weighted by Crippen LogP contribution is 2.35. The van der Waals surface area contributed by atoms with Crippen molar-refractivity contribution in [2.24, 2.45) is 0 Å². The van der Waals surface area contributed by atoms with Crippen LogP contribution in [0.25, 0.3) is 21.7 Å². The van der Waals surface area contributed by atoms with Crippen LogP contribution in [0.3, 0.4) is 0 Å². The number of nitrogens with zero attached hydrogens (tertiary/aromatic N) is 5. The summed E-state index contributed by atoms with van der Waals surface area (Å²) in [6, 6.07) is 1.24. The first-order valence-corrected chi connectivity index (χ1v) is 9.28. The fourth-order valence-electron chi connectivity index (χ4n) is 2.71. The molecule has 0 spiro atoms. The summed E-state index contributed by atoms with van der Waals surface area (Å²) in [5.74, 6) is -0.369. The molecular weight excluding hydrogens is 429 g/mol. The Morgan fingerprint density at radius 1 is 1.28 bits per heavy atom. The molecule has 1 N–H and O–H groups in total. The van der Waals surface area contributed by atoms with Crippen LogP contribution >= 0.6 is 22.9 Å². The largest absolute Gasteiger partial charge is 0.418 e. The van der Waals surface area contributed by atoms with Crippen molar-refractivity contribution in [1.29, 1.82) is 0 Å². The average Bonchev–Trinajstić information content (AvgIpc) is 3.25. The minimum absolute atomic E-state index is 0.0724. The fourth-order valence-corrected chi connectivity index (χ4v) is 3.60. The predicted molar refractivity (Wildman–Crippen MR) is 101 cm³/mol. The number of carbonyl (C=O) groups excluding carboxylic acids is 1. The second-order valence-corrected chi connectivity index (χ2v) is 7.16. The number of hydrogen-bond acceptors (Lipinski definition) is 6. The molecule has 148 valence electrons. The van der Waals surface area contributed by atoms with Crippen molar-refractivity contribution in [2.75, 3.05) is 5.43 Å². The smallest absolute Gasteiger partial charge is 0.267 e. The third kappa shape index (κ3) is 3.66. The van der Waals surface area contributed by atoms with Crippen molar-refractivity contribution in [3.05, 3.63) is 58.2 Å². The summed E-state index contributed by atoms with van der Waals surface area (Å²) in [7, 11) is 0. The molecule has 29 heavy (non-hydrogen) atoms. The van der Waals surface area contributed by atoms with Crippen molar-refractivity contribution in [1.82, 2.24) is 24.6 Å². The molecule has 7 nitrogen and oxygen atoms in total. The molecule has 0 aromatic carbocycles. The summed E-state index contributed by atoms with van der Waals surface area (Å²) in [4.78, 5) is 28.9. The van der Waals surface area contributed by atoms with Gasteiger partial charge in [-0.3, -0.25) is 19.9 Å². The van der Waals surface area contributed by atoms with E-state index in [0.29, 0.717) is 21.7 Å². The molecule has 0 saturated heterocycles. The number of thiazole rings is 1. The van der Waals surface area contributed by atoms with Crippen molar-refractivity contribution in [3.8, 4) is 10.8 Å². The highest BCUT2D eigenvalue weighted by Gasteiger charge is 2.35. The maximum Gasteiger partial charge on any atom is 0.418 e. The van der Waals surface area contributed by atoms with Gasteiger partial charge in [-0.05, 0) is 13.0 Å². The normalized spacial score (nSPS) is 11.8. The van der Waals surface area contributed by atoms with Gasteiger partial charge in [0.25, 0.3) is 5.91 Å². The van der Waals surface area contributed by atoms with Gasteiger partial charge in [-0.25, -0.2) is 15.0 Å². The molecule has 4 aromatic heterocycles. The predicted octanol–water partition coefficient (Wildman–Crippen LogP) is 4.31. The van der Waals surface area contributed by atoms with E-state index in [0.717, 1.165) is 10.9 Å². The van der Waals surface area contributed by atoms with E-state index in [9.17, 15) is 18.0 Å². The Morgan fingerprint density at radius 3 is 2.72 bits per heavy atom. The molecule has 0 bridgehead atoms. The molecule has 0 aliphatic carbocycles. The van der Waals surface area contributed by atoms with Gasteiger partial charge in [-0.15, -0.1) is 11.3 Å². The summed E-state index contributed by atoms with van der Waals surface area (Å²) < 4.78 is 40.8. The topological polar surface area (TPSA) is 85.6 Å². The lowest BCUT2D eigenvalue weighted by atomic mass is 10.2. The van der Waals surface area contributed by atoms with Crippen LogP contribution in [0.15, 0.2) is 36.2 Å². The number of aryl methyl sites for hydroxylation is 1. The molecule has 4 rings (SSSR count). The van der Waals surface area contributed by atoms with Gasteiger partial charge in [-0.1, -0.05) is 11.6 Å². The van der Waals surface area contributed by atoms with E-state index < -0.39 is 17.6 Å². The quantitative estimate of drug-likeness (QED) is 0.515. The first-order valence-electron chi connectivity index (χ1n) is 8.02. The van der Waals surface area contributed by atoms with Crippen LogP contribution in [0.4, 0.5) is 13.2 Å². The number of halogens is 4. The molecule has 0 aliphatic rings. The number of pyridine rings is 1. The molecule has 0 aliphatic heterocycles. The van der Waals surface area contributed by atoms with E-state index in [1.165, 1.54) is 36.0 Å². The van der Waals surface area contributed by atoms with Crippen LogP contribution < -0.4 is 5.43 Å². The molecule has 12 heteroatoms. The highest BCUT2D eigenvalue weighted by molar-refractivity contribution is 7.13. The van der Waals surface area contributed by atoms with E-state index >= 15 is 0 Å². The van der Waals surface area contributed by atoms with Gasteiger partial charge in [0, 0.05) is 29.4 Å². The summed E-state index contributed by atoms with van der Waals surface area (Å²) in [6.45, 7) is 1.59. The number of alkyl halides is 3. The Labute approximate surface area is 170 Å². The van der Waals surface area contributed by atoms with Crippen LogP contribution in [-0.4, -0.2) is 30.5 Å². The number of amides is 1. The SMILES string of the molecule is Cc1nc(-c2nc(Cl)cs2)ncc1C(=O)Nn1cc(C(F)(F)F)c2ccncc21. The summed E-state index contributed by atoms with van der Waals surface area (Å²) >= 11 is 7.04. The molecule has 0 saturated carbocycles. The zero-order chi connectivity index (χ0) is 20.8. The lowest BCUT2D eigenvalue weighted by Crippen LogP contribution is -2.23. The monoisotopic (exact) mass is 438 g/mol. The van der Waals surface area contributed by atoms with Crippen LogP contribution in [0.5, 0.6) is 0 Å². The van der Waals surface area contributed by atoms with Crippen LogP contribution in [0.1, 0.15) is 21.6 Å². The van der Waals surface area contributed by atoms with Crippen molar-refractivity contribution >= 4 is 39.7 Å². The summed E-state index contributed by atoms with van der Waals surface area (Å²) in [6.07, 6.45) is 0.0172. The zero-order valence-corrected chi connectivity index (χ0v) is 16.1. The first-order chi connectivity index (χ1) is 13.7. The number of nitrogens with one attached hydrogen (secondary N) is 1. The van der Waals surface area contributed by atoms with E-state index in [1.807, 2.05) is 0 Å². The number of aromatic nitrogens is 5. The molecule has 0 radical (unpaired) electrons. The molecule has 4 heterocycles. The minimum Gasteiger partial charge on any atom is -0.267 e. The van der Waals surface area contributed by atoms with Gasteiger partial charge in [0.15, 0.2) is 10.8 Å². The molecule has 0 fully saturated rings. The summed E-state index contributed by atoms with van der Waals surface area (Å²) in [5.41, 5.74) is 2.10. The standard InChI is InChI=1S/C17H10ClF3N6OS/c1-8-10(4-23-14(24-8)16-25-13(18)7-29-16)15(28)26-27-6-11(17(19,20)21)9-2-3-22-5-12(9)27/h2-7H,1H3,(H,26,28). The van der Waals surface area contributed by atoms with Crippen LogP contribution in [0.2, 0.25) is 5.15 Å². The van der Waals surface area contributed by atoms with Crippen molar-refractivity contribution in [3.63, 3.8) is 0 Å². The van der Waals surface area contributed by atoms with Crippen LogP contribution in [-0.2, 0) is 6.18 Å². The third-order valence-corrected chi connectivity index (χ3v) is 5.19. The molecule has 0 atom stereocenters. The first kappa shape index (κ1) is 19.3. The van der Waals surface area contributed by atoms with Crippen molar-refractivity contribution in [2.45, 2.75) is 13.1 Å². The van der Waals surface area contributed by atoms with Crippen molar-refractivity contribution < 1.29 is 18.0 Å².